The highest BCUT2D eigenvalue weighted by Crippen LogP contribution is 2.35. The predicted molar refractivity (Wildman–Crippen MR) is 93.9 cm³/mol. The Kier molecular flexibility index (Phi) is 5.27. The van der Waals surface area contributed by atoms with Crippen molar-refractivity contribution < 1.29 is 14.7 Å². The van der Waals surface area contributed by atoms with Gasteiger partial charge in [0.05, 0.1) is 11.7 Å². The summed E-state index contributed by atoms with van der Waals surface area (Å²) in [4.78, 5) is 26.6. The van der Waals surface area contributed by atoms with Gasteiger partial charge in [-0.15, -0.1) is 0 Å². The zero-order valence-electron chi connectivity index (χ0n) is 13.3. The normalized spacial score (nSPS) is 15.8. The van der Waals surface area contributed by atoms with E-state index in [1.165, 1.54) is 16.9 Å². The van der Waals surface area contributed by atoms with E-state index in [1.54, 1.807) is 16.3 Å². The molecule has 0 unspecified atom stereocenters. The number of nitrogens with zero attached hydrogens (tertiary/aromatic N) is 1. The van der Waals surface area contributed by atoms with E-state index in [4.69, 9.17) is 5.11 Å². The van der Waals surface area contributed by atoms with Gasteiger partial charge in [0.15, 0.2) is 0 Å². The second kappa shape index (κ2) is 7.59. The molecule has 1 aliphatic rings. The molecule has 0 radical (unpaired) electrons. The molecule has 1 aromatic carbocycles. The number of fused-ring (bicyclic) bond motifs is 1. The van der Waals surface area contributed by atoms with Crippen molar-refractivity contribution in [3.63, 3.8) is 0 Å². The van der Waals surface area contributed by atoms with Crippen LogP contribution in [0, 0.1) is 0 Å². The third kappa shape index (κ3) is 3.49. The molecule has 1 heterocycles. The zero-order valence-corrected chi connectivity index (χ0v) is 14.1. The largest absolute Gasteiger partial charge is 0.396 e. The lowest BCUT2D eigenvalue weighted by Crippen LogP contribution is -2.42. The lowest BCUT2D eigenvalue weighted by atomic mass is 10.1. The molecule has 24 heavy (non-hydrogen) atoms. The van der Waals surface area contributed by atoms with Gasteiger partial charge in [-0.2, -0.15) is 11.3 Å². The first-order valence-electron chi connectivity index (χ1n) is 8.03. The van der Waals surface area contributed by atoms with Gasteiger partial charge >= 0.3 is 11.8 Å². The molecule has 0 saturated heterocycles. The summed E-state index contributed by atoms with van der Waals surface area (Å²) in [6.07, 6.45) is 2.16. The lowest BCUT2D eigenvalue weighted by Gasteiger charge is -2.29. The van der Waals surface area contributed by atoms with E-state index in [0.717, 1.165) is 18.4 Å². The number of carbonyl (C=O) groups is 2. The molecular formula is C18H20N2O3S. The van der Waals surface area contributed by atoms with Crippen molar-refractivity contribution in [1.82, 2.24) is 4.90 Å². The Bertz CT molecular complexity index is 715. The Labute approximate surface area is 144 Å². The van der Waals surface area contributed by atoms with Gasteiger partial charge in [-0.3, -0.25) is 9.59 Å². The standard InChI is InChI=1S/C18H20N2O3S/c21-10-3-9-20(16-7-6-13-4-1-2-5-15(13)16)18(23)17(22)19-14-8-11-24-12-14/h1-2,4-5,8,11-12,16,21H,3,6-7,9-10H2,(H,19,22)/t16-/m1/s1. The number of hydrogen-bond acceptors (Lipinski definition) is 4. The molecule has 3 rings (SSSR count). The van der Waals surface area contributed by atoms with Crippen LogP contribution in [-0.4, -0.2) is 35.0 Å². The molecule has 2 amide bonds. The number of thiophene rings is 1. The van der Waals surface area contributed by atoms with Crippen molar-refractivity contribution in [3.8, 4) is 0 Å². The van der Waals surface area contributed by atoms with Gasteiger partial charge in [0.25, 0.3) is 0 Å². The summed E-state index contributed by atoms with van der Waals surface area (Å²) in [6, 6.07) is 9.69. The van der Waals surface area contributed by atoms with Gasteiger partial charge in [0.1, 0.15) is 0 Å². The Morgan fingerprint density at radius 1 is 1.29 bits per heavy atom. The number of aliphatic hydroxyl groups is 1. The van der Waals surface area contributed by atoms with Crippen LogP contribution in [0.25, 0.3) is 0 Å². The van der Waals surface area contributed by atoms with Crippen molar-refractivity contribution in [2.75, 3.05) is 18.5 Å². The third-order valence-electron chi connectivity index (χ3n) is 4.27. The quantitative estimate of drug-likeness (QED) is 0.819. The number of aryl methyl sites for hydroxylation is 1. The first kappa shape index (κ1) is 16.7. The third-order valence-corrected chi connectivity index (χ3v) is 4.95. The smallest absolute Gasteiger partial charge is 0.313 e. The molecule has 1 atom stereocenters. The van der Waals surface area contributed by atoms with Gasteiger partial charge in [-0.1, -0.05) is 24.3 Å². The van der Waals surface area contributed by atoms with E-state index in [9.17, 15) is 9.59 Å². The molecule has 6 heteroatoms. The minimum Gasteiger partial charge on any atom is -0.396 e. The highest BCUT2D eigenvalue weighted by molar-refractivity contribution is 7.08. The van der Waals surface area contributed by atoms with Crippen LogP contribution in [0.2, 0.25) is 0 Å². The summed E-state index contributed by atoms with van der Waals surface area (Å²) >= 11 is 1.46. The monoisotopic (exact) mass is 344 g/mol. The van der Waals surface area contributed by atoms with Crippen LogP contribution >= 0.6 is 11.3 Å². The van der Waals surface area contributed by atoms with Crippen LogP contribution in [0.3, 0.4) is 0 Å². The Morgan fingerprint density at radius 3 is 2.88 bits per heavy atom. The summed E-state index contributed by atoms with van der Waals surface area (Å²) in [5, 5.41) is 15.4. The van der Waals surface area contributed by atoms with Gasteiger partial charge in [0, 0.05) is 18.5 Å². The van der Waals surface area contributed by atoms with Crippen LogP contribution in [0.1, 0.15) is 30.0 Å². The molecule has 0 fully saturated rings. The first-order valence-corrected chi connectivity index (χ1v) is 8.98. The maximum atomic E-state index is 12.7. The van der Waals surface area contributed by atoms with Crippen LogP contribution < -0.4 is 5.32 Å². The second-order valence-electron chi connectivity index (χ2n) is 5.80. The number of nitrogens with one attached hydrogen (secondary N) is 1. The van der Waals surface area contributed by atoms with Crippen molar-refractivity contribution in [1.29, 1.82) is 0 Å². The maximum absolute atomic E-state index is 12.7. The Morgan fingerprint density at radius 2 is 2.12 bits per heavy atom. The fraction of sp³-hybridized carbons (Fsp3) is 0.333. The molecule has 0 bridgehead atoms. The number of benzene rings is 1. The summed E-state index contributed by atoms with van der Waals surface area (Å²) < 4.78 is 0. The number of carbonyl (C=O) groups excluding carboxylic acids is 2. The summed E-state index contributed by atoms with van der Waals surface area (Å²) in [5.74, 6) is -1.17. The van der Waals surface area contributed by atoms with Crippen LogP contribution in [0.4, 0.5) is 5.69 Å². The molecule has 0 aliphatic heterocycles. The lowest BCUT2D eigenvalue weighted by molar-refractivity contribution is -0.145. The molecular weight excluding hydrogens is 324 g/mol. The molecule has 2 N–H and O–H groups in total. The molecule has 1 aromatic heterocycles. The topological polar surface area (TPSA) is 69.6 Å². The molecule has 126 valence electrons. The van der Waals surface area contributed by atoms with Crippen molar-refractivity contribution in [2.24, 2.45) is 0 Å². The summed E-state index contributed by atoms with van der Waals surface area (Å²) in [5.41, 5.74) is 2.96. The fourth-order valence-corrected chi connectivity index (χ4v) is 3.74. The van der Waals surface area contributed by atoms with Crippen LogP contribution in [0.5, 0.6) is 0 Å². The average molecular weight is 344 g/mol. The Balaban J connectivity index is 1.79. The highest BCUT2D eigenvalue weighted by Gasteiger charge is 2.33. The number of rotatable bonds is 5. The first-order chi connectivity index (χ1) is 11.7. The molecule has 1 aliphatic carbocycles. The maximum Gasteiger partial charge on any atom is 0.313 e. The second-order valence-corrected chi connectivity index (χ2v) is 6.58. The van der Waals surface area contributed by atoms with E-state index >= 15 is 0 Å². The van der Waals surface area contributed by atoms with E-state index in [-0.39, 0.29) is 12.6 Å². The number of anilines is 1. The SMILES string of the molecule is O=C(Nc1ccsc1)C(=O)N(CCCO)[C@@H]1CCc2ccccc21. The zero-order chi connectivity index (χ0) is 16.9. The molecule has 5 nitrogen and oxygen atoms in total. The van der Waals surface area contributed by atoms with E-state index < -0.39 is 11.8 Å². The van der Waals surface area contributed by atoms with Crippen LogP contribution in [0.15, 0.2) is 41.1 Å². The average Bonchev–Trinajstić information content (AvgIpc) is 3.25. The number of amides is 2. The van der Waals surface area contributed by atoms with Gasteiger partial charge in [0.2, 0.25) is 0 Å². The van der Waals surface area contributed by atoms with Gasteiger partial charge < -0.3 is 15.3 Å². The molecule has 0 saturated carbocycles. The van der Waals surface area contributed by atoms with Crippen molar-refractivity contribution >= 4 is 28.8 Å². The Hall–Kier alpha value is -2.18. The summed E-state index contributed by atoms with van der Waals surface area (Å²) in [6.45, 7) is 0.357. The van der Waals surface area contributed by atoms with Crippen molar-refractivity contribution in [3.05, 3.63) is 52.2 Å². The number of aliphatic hydroxyl groups excluding tert-OH is 1. The van der Waals surface area contributed by atoms with E-state index in [0.29, 0.717) is 18.7 Å². The van der Waals surface area contributed by atoms with E-state index in [2.05, 4.69) is 11.4 Å². The number of hydrogen-bond donors (Lipinski definition) is 2. The minimum absolute atomic E-state index is 0.00963. The van der Waals surface area contributed by atoms with E-state index in [1.807, 2.05) is 23.6 Å². The van der Waals surface area contributed by atoms with Gasteiger partial charge in [-0.25, -0.2) is 0 Å². The van der Waals surface area contributed by atoms with Crippen molar-refractivity contribution in [2.45, 2.75) is 25.3 Å². The molecule has 0 spiro atoms. The predicted octanol–water partition coefficient (Wildman–Crippen LogP) is 2.59. The molecule has 2 aromatic rings. The fourth-order valence-electron chi connectivity index (χ4n) is 3.15. The van der Waals surface area contributed by atoms with Gasteiger partial charge in [-0.05, 0) is 41.8 Å². The minimum atomic E-state index is -0.629. The highest BCUT2D eigenvalue weighted by atomic mass is 32.1. The summed E-state index contributed by atoms with van der Waals surface area (Å²) in [7, 11) is 0. The van der Waals surface area contributed by atoms with Crippen LogP contribution in [-0.2, 0) is 16.0 Å².